The lowest BCUT2D eigenvalue weighted by Crippen LogP contribution is -2.21. The van der Waals surface area contributed by atoms with Gasteiger partial charge in [-0.3, -0.25) is 14.9 Å². The standard InChI is InChI=1S/C22H19ClN6O5S/c1-29-10-15(13-6-17(23)24-9-16(13)32-2)14(7-19(29)30)20(31)26-21-27-28-22(35-21)34-11-12-4-5-18(33-3)25-8-12/h4-10H,11H2,1-3H3,(H,26,27,31). The number of halogens is 1. The van der Waals surface area contributed by atoms with E-state index >= 15 is 0 Å². The van der Waals surface area contributed by atoms with Crippen LogP contribution >= 0.6 is 22.9 Å². The molecular weight excluding hydrogens is 496 g/mol. The molecule has 0 aliphatic heterocycles. The van der Waals surface area contributed by atoms with E-state index in [1.807, 2.05) is 6.07 Å². The van der Waals surface area contributed by atoms with Crippen molar-refractivity contribution in [1.82, 2.24) is 24.7 Å². The third-order valence-electron chi connectivity index (χ3n) is 4.81. The van der Waals surface area contributed by atoms with E-state index in [0.717, 1.165) is 16.9 Å². The van der Waals surface area contributed by atoms with Crippen molar-refractivity contribution in [3.63, 3.8) is 0 Å². The predicted molar refractivity (Wildman–Crippen MR) is 129 cm³/mol. The second-order valence-corrected chi connectivity index (χ2v) is 8.41. The smallest absolute Gasteiger partial charge is 0.296 e. The third-order valence-corrected chi connectivity index (χ3v) is 5.77. The second kappa shape index (κ2) is 10.5. The fourth-order valence-corrected chi connectivity index (χ4v) is 3.82. The Morgan fingerprint density at radius 3 is 2.66 bits per heavy atom. The summed E-state index contributed by atoms with van der Waals surface area (Å²) in [5.74, 6) is 0.327. The van der Waals surface area contributed by atoms with E-state index in [-0.39, 0.29) is 33.2 Å². The van der Waals surface area contributed by atoms with Crippen LogP contribution in [0.2, 0.25) is 5.15 Å². The molecule has 11 nitrogen and oxygen atoms in total. The summed E-state index contributed by atoms with van der Waals surface area (Å²) in [6, 6.07) is 6.32. The molecule has 0 aliphatic carbocycles. The van der Waals surface area contributed by atoms with Gasteiger partial charge in [-0.05, 0) is 23.5 Å². The first kappa shape index (κ1) is 24.1. The highest BCUT2D eigenvalue weighted by atomic mass is 35.5. The highest BCUT2D eigenvalue weighted by Gasteiger charge is 2.20. The van der Waals surface area contributed by atoms with Gasteiger partial charge < -0.3 is 18.8 Å². The van der Waals surface area contributed by atoms with Crippen LogP contribution in [0, 0.1) is 0 Å². The van der Waals surface area contributed by atoms with Crippen LogP contribution in [-0.2, 0) is 13.7 Å². The molecule has 0 spiro atoms. The number of hydrogen-bond acceptors (Lipinski definition) is 10. The van der Waals surface area contributed by atoms with Crippen LogP contribution in [0.15, 0.2) is 47.7 Å². The first-order chi connectivity index (χ1) is 16.9. The van der Waals surface area contributed by atoms with Crippen LogP contribution in [0.4, 0.5) is 5.13 Å². The lowest BCUT2D eigenvalue weighted by molar-refractivity contribution is 0.102. The van der Waals surface area contributed by atoms with Gasteiger partial charge in [0, 0.05) is 48.3 Å². The number of amides is 1. The zero-order valence-electron chi connectivity index (χ0n) is 18.8. The molecule has 0 aliphatic rings. The van der Waals surface area contributed by atoms with Crippen molar-refractivity contribution in [2.24, 2.45) is 7.05 Å². The summed E-state index contributed by atoms with van der Waals surface area (Å²) < 4.78 is 17.4. The molecule has 0 bridgehead atoms. The second-order valence-electron chi connectivity index (χ2n) is 7.08. The summed E-state index contributed by atoms with van der Waals surface area (Å²) in [5, 5.41) is 11.2. The van der Waals surface area contributed by atoms with Crippen LogP contribution < -0.4 is 25.1 Å². The fourth-order valence-electron chi connectivity index (χ4n) is 3.07. The van der Waals surface area contributed by atoms with E-state index < -0.39 is 5.91 Å². The Morgan fingerprint density at radius 1 is 1.11 bits per heavy atom. The first-order valence-electron chi connectivity index (χ1n) is 10.0. The van der Waals surface area contributed by atoms with E-state index in [1.54, 1.807) is 25.4 Å². The average Bonchev–Trinajstić information content (AvgIpc) is 3.31. The van der Waals surface area contributed by atoms with Crippen molar-refractivity contribution in [2.45, 2.75) is 6.61 Å². The average molecular weight is 515 g/mol. The zero-order chi connectivity index (χ0) is 24.9. The third kappa shape index (κ3) is 5.55. The van der Waals surface area contributed by atoms with Gasteiger partial charge in [-0.15, -0.1) is 5.10 Å². The van der Waals surface area contributed by atoms with E-state index in [9.17, 15) is 9.59 Å². The summed E-state index contributed by atoms with van der Waals surface area (Å²) >= 11 is 7.11. The maximum absolute atomic E-state index is 13.1. The van der Waals surface area contributed by atoms with Crippen molar-refractivity contribution < 1.29 is 19.0 Å². The fraction of sp³-hybridized carbons (Fsp3) is 0.182. The molecule has 0 aromatic carbocycles. The number of aryl methyl sites for hydroxylation is 1. The summed E-state index contributed by atoms with van der Waals surface area (Å²) in [5.41, 5.74) is 1.48. The Morgan fingerprint density at radius 2 is 1.94 bits per heavy atom. The van der Waals surface area contributed by atoms with Crippen molar-refractivity contribution >= 4 is 34.0 Å². The van der Waals surface area contributed by atoms with Gasteiger partial charge in [0.25, 0.3) is 16.7 Å². The van der Waals surface area contributed by atoms with Crippen molar-refractivity contribution in [3.05, 3.63) is 69.5 Å². The van der Waals surface area contributed by atoms with E-state index in [2.05, 4.69) is 25.5 Å². The maximum Gasteiger partial charge on any atom is 0.296 e. The largest absolute Gasteiger partial charge is 0.494 e. The van der Waals surface area contributed by atoms with E-state index in [0.29, 0.717) is 22.8 Å². The monoisotopic (exact) mass is 514 g/mol. The molecule has 0 saturated carbocycles. The lowest BCUT2D eigenvalue weighted by atomic mass is 10.0. The number of ether oxygens (including phenoxy) is 3. The summed E-state index contributed by atoms with van der Waals surface area (Å²) in [6.45, 7) is 0.209. The molecule has 0 fully saturated rings. The number of nitrogens with zero attached hydrogens (tertiary/aromatic N) is 5. The number of hydrogen-bond donors (Lipinski definition) is 1. The number of anilines is 1. The SMILES string of the molecule is COc1ccc(COc2nnc(NC(=O)c3cc(=O)n(C)cc3-c3cc(Cl)ncc3OC)s2)cn1. The first-order valence-corrected chi connectivity index (χ1v) is 11.2. The molecule has 180 valence electrons. The molecular formula is C22H19ClN6O5S. The number of nitrogens with one attached hydrogen (secondary N) is 1. The van der Waals surface area contributed by atoms with Gasteiger partial charge in [0.15, 0.2) is 0 Å². The topological polar surface area (TPSA) is 130 Å². The molecule has 0 unspecified atom stereocenters. The van der Waals surface area contributed by atoms with Gasteiger partial charge in [-0.2, -0.15) is 0 Å². The molecule has 4 rings (SSSR count). The molecule has 1 amide bonds. The minimum Gasteiger partial charge on any atom is -0.494 e. The minimum absolute atomic E-state index is 0.107. The highest BCUT2D eigenvalue weighted by Crippen LogP contribution is 2.33. The van der Waals surface area contributed by atoms with Crippen LogP contribution in [0.1, 0.15) is 15.9 Å². The van der Waals surface area contributed by atoms with Crippen LogP contribution in [-0.4, -0.2) is 44.9 Å². The van der Waals surface area contributed by atoms with Gasteiger partial charge in [-0.25, -0.2) is 9.97 Å². The Hall–Kier alpha value is -4.03. The molecule has 0 saturated heterocycles. The van der Waals surface area contributed by atoms with Crippen LogP contribution in [0.3, 0.4) is 0 Å². The highest BCUT2D eigenvalue weighted by molar-refractivity contribution is 7.17. The molecule has 4 heterocycles. The van der Waals surface area contributed by atoms with Gasteiger partial charge in [0.1, 0.15) is 17.5 Å². The number of carbonyl (C=O) groups is 1. The number of carbonyl (C=O) groups excluding carboxylic acids is 1. The molecule has 13 heteroatoms. The van der Waals surface area contributed by atoms with E-state index in [4.69, 9.17) is 25.8 Å². The van der Waals surface area contributed by atoms with Gasteiger partial charge in [0.05, 0.1) is 26.0 Å². The lowest BCUT2D eigenvalue weighted by Gasteiger charge is -2.13. The molecule has 35 heavy (non-hydrogen) atoms. The molecule has 0 radical (unpaired) electrons. The van der Waals surface area contributed by atoms with Crippen molar-refractivity contribution in [1.29, 1.82) is 0 Å². The summed E-state index contributed by atoms with van der Waals surface area (Å²) in [6.07, 6.45) is 4.60. The number of rotatable bonds is 8. The number of aromatic nitrogens is 5. The number of pyridine rings is 3. The van der Waals surface area contributed by atoms with Gasteiger partial charge in [0.2, 0.25) is 11.0 Å². The number of methoxy groups -OCH3 is 2. The molecule has 0 atom stereocenters. The van der Waals surface area contributed by atoms with Crippen LogP contribution in [0.25, 0.3) is 11.1 Å². The maximum atomic E-state index is 13.1. The normalized spacial score (nSPS) is 10.6. The quantitative estimate of drug-likeness (QED) is 0.352. The molecule has 4 aromatic heterocycles. The Kier molecular flexibility index (Phi) is 7.22. The Labute approximate surface area is 208 Å². The van der Waals surface area contributed by atoms with Crippen molar-refractivity contribution in [3.8, 4) is 28.0 Å². The van der Waals surface area contributed by atoms with Gasteiger partial charge in [-0.1, -0.05) is 16.7 Å². The zero-order valence-corrected chi connectivity index (χ0v) is 20.4. The predicted octanol–water partition coefficient (Wildman–Crippen LogP) is 3.20. The van der Waals surface area contributed by atoms with Crippen molar-refractivity contribution in [2.75, 3.05) is 19.5 Å². The summed E-state index contributed by atoms with van der Waals surface area (Å²) in [4.78, 5) is 33.6. The van der Waals surface area contributed by atoms with Crippen LogP contribution in [0.5, 0.6) is 16.8 Å². The van der Waals surface area contributed by atoms with E-state index in [1.165, 1.54) is 37.2 Å². The Balaban J connectivity index is 1.55. The molecule has 4 aromatic rings. The Bertz CT molecular complexity index is 1420. The van der Waals surface area contributed by atoms with Gasteiger partial charge >= 0.3 is 0 Å². The minimum atomic E-state index is -0.560. The molecule has 1 N–H and O–H groups in total. The summed E-state index contributed by atoms with van der Waals surface area (Å²) in [7, 11) is 4.59.